The van der Waals surface area contributed by atoms with Gasteiger partial charge in [-0.1, -0.05) is 72.2 Å². The van der Waals surface area contributed by atoms with Gasteiger partial charge in [0.1, 0.15) is 42.7 Å². The predicted molar refractivity (Wildman–Crippen MR) is 422 cm³/mol. The molecule has 1 fully saturated rings. The number of carbonyl (C=O) groups is 5. The molecule has 36 heteroatoms. The topological polar surface area (TPSA) is 430 Å². The largest absolute Gasteiger partial charge is 0.478 e. The van der Waals surface area contributed by atoms with Crippen LogP contribution in [-0.4, -0.2) is 126 Å². The van der Waals surface area contributed by atoms with E-state index in [1.165, 1.54) is 36.5 Å². The number of ether oxygens (including phenoxy) is 3. The fourth-order valence-electron chi connectivity index (χ4n) is 13.1. The number of H-pyrrole nitrogens is 1. The first kappa shape index (κ1) is 82.9. The number of amides is 2. The summed E-state index contributed by atoms with van der Waals surface area (Å²) in [7, 11) is -1.24. The predicted octanol–water partition coefficient (Wildman–Crippen LogP) is 11.8. The molecule has 2 atom stereocenters. The molecule has 0 spiro atoms. The molecule has 594 valence electrons. The number of aromatic hydroxyl groups is 1. The Kier molecular flexibility index (Phi) is 25.3. The number of aromatic nitrogens is 2. The second-order valence-corrected chi connectivity index (χ2v) is 37.8. The number of carbonyl (C=O) groups excluding carboxylic acids is 3. The van der Waals surface area contributed by atoms with Gasteiger partial charge in [-0.2, -0.15) is 0 Å². The van der Waals surface area contributed by atoms with Crippen LogP contribution in [0.25, 0.3) is 45.6 Å². The Morgan fingerprint density at radius 1 is 0.774 bits per heavy atom. The number of aryl methyl sites for hydroxylation is 1. The van der Waals surface area contributed by atoms with Crippen molar-refractivity contribution in [1.82, 2.24) is 24.8 Å². The summed E-state index contributed by atoms with van der Waals surface area (Å²) in [6.07, 6.45) is -0.827. The van der Waals surface area contributed by atoms with Crippen molar-refractivity contribution in [2.24, 2.45) is 0 Å². The monoisotopic (exact) mass is 1660 g/mol. The fraction of sp³-hybridized carbons (Fsp3) is 0.215. The number of nitrogens with zero attached hydrogens (tertiary/aromatic N) is 3. The van der Waals surface area contributed by atoms with Gasteiger partial charge in [0.05, 0.1) is 51.6 Å². The summed E-state index contributed by atoms with van der Waals surface area (Å²) < 4.78 is 87.5. The van der Waals surface area contributed by atoms with E-state index < -0.39 is 75.3 Å². The molecule has 4 heterocycles. The van der Waals surface area contributed by atoms with Crippen LogP contribution in [0.3, 0.4) is 0 Å². The summed E-state index contributed by atoms with van der Waals surface area (Å²) in [4.78, 5) is 97.1. The second-order valence-electron chi connectivity index (χ2n) is 26.8. The zero-order valence-electron chi connectivity index (χ0n) is 61.4. The number of anilines is 2. The molecule has 31 nitrogen and oxygen atoms in total. The molecule has 9 N–H and O–H groups in total. The van der Waals surface area contributed by atoms with Gasteiger partial charge < -0.3 is 50.1 Å². The second kappa shape index (κ2) is 35.0. The van der Waals surface area contributed by atoms with Gasteiger partial charge in [0.25, 0.3) is 11.8 Å². The minimum absolute atomic E-state index is 0.0145. The summed E-state index contributed by atoms with van der Waals surface area (Å²) >= 11 is 14.2. The first-order chi connectivity index (χ1) is 55.0. The van der Waals surface area contributed by atoms with Gasteiger partial charge in [0.15, 0.2) is 5.78 Å². The van der Waals surface area contributed by atoms with Crippen molar-refractivity contribution in [3.63, 3.8) is 0 Å². The Bertz CT molecular complexity index is 6090. The summed E-state index contributed by atoms with van der Waals surface area (Å²) in [6.45, 7) is -3.50. The molecule has 1 aliphatic carbocycles. The van der Waals surface area contributed by atoms with Crippen LogP contribution in [0.15, 0.2) is 160 Å². The van der Waals surface area contributed by atoms with Gasteiger partial charge in [0, 0.05) is 107 Å². The normalized spacial score (nSPS) is 13.9. The van der Waals surface area contributed by atoms with Gasteiger partial charge in [-0.15, -0.1) is 0 Å². The number of phenols is 1. The third-order valence-corrected chi connectivity index (χ3v) is 29.5. The molecule has 115 heavy (non-hydrogen) atoms. The Labute approximate surface area is 662 Å². The molecular formula is C79H71Cl2N7O24P3+. The molecule has 12 rings (SSSR count). The number of phenolic OH excluding ortho intramolecular Hbond substituents is 1. The van der Waals surface area contributed by atoms with E-state index in [4.69, 9.17) is 51.6 Å². The smallest absolute Gasteiger partial charge is 0.336 e. The van der Waals surface area contributed by atoms with Crippen molar-refractivity contribution in [2.45, 2.75) is 57.5 Å². The van der Waals surface area contributed by atoms with Gasteiger partial charge in [0.2, 0.25) is 5.36 Å². The Balaban J connectivity index is 0.662. The Morgan fingerprint density at radius 2 is 1.48 bits per heavy atom. The number of hydrogen-bond donors (Lipinski definition) is 9. The number of fused-ring (bicyclic) bond motifs is 4. The first-order valence-electron chi connectivity index (χ1n) is 35.1. The number of Topliss-reactive ketones (excluding diaryl/α,β-unsaturated/α-hetero) is 1. The SMILES string of the molecule is C=c1ccc2c(c1)Oc1c(ccc(O)c1CNC(=O)c1ccc(CNc3cc(Cl)c(C(=O)O)c(-c4c5ccc(=[N+](C)C)cc-5oc5cc(N(C)C)ccc45)c3Cl)cc1)C=2c1cc(C(=O)CCc2ccc(C(=O)NCCOCC#CCc3cn([C@H]4CC[C@@H](COP(OO)(OOO)(P(=O)=O)P(=O)=O)O4)c(=O)[nH]c3=O)cc2)ccc1C(=O)O. The van der Waals surface area contributed by atoms with Crippen LogP contribution in [0, 0.1) is 11.8 Å². The molecule has 0 unspecified atom stereocenters. The van der Waals surface area contributed by atoms with Crippen LogP contribution in [0.5, 0.6) is 17.2 Å². The van der Waals surface area contributed by atoms with Crippen molar-refractivity contribution < 1.29 is 106 Å². The average Bonchev–Trinajstić information content (AvgIpc) is 0.975. The van der Waals surface area contributed by atoms with Gasteiger partial charge >= 0.3 is 185 Å². The Morgan fingerprint density at radius 3 is 2.16 bits per heavy atom. The molecule has 4 aliphatic rings. The molecular weight excluding hydrogens is 1590 g/mol. The Hall–Kier alpha value is -11.5. The van der Waals surface area contributed by atoms with Crippen molar-refractivity contribution in [2.75, 3.05) is 64.8 Å². The van der Waals surface area contributed by atoms with E-state index in [9.17, 15) is 72.4 Å². The number of carboxylic acids is 2. The van der Waals surface area contributed by atoms with Crippen LogP contribution >= 0.6 is 44.6 Å². The van der Waals surface area contributed by atoms with Gasteiger partial charge in [-0.3, -0.25) is 14.4 Å². The summed E-state index contributed by atoms with van der Waals surface area (Å²) in [6, 6.07) is 38.3. The van der Waals surface area contributed by atoms with E-state index in [-0.39, 0.29) is 143 Å². The quantitative estimate of drug-likeness (QED) is 0.00295. The van der Waals surface area contributed by atoms with Gasteiger partial charge in [-0.05, 0) is 107 Å². The molecule has 1 saturated heterocycles. The number of ketones is 1. The zero-order valence-corrected chi connectivity index (χ0v) is 65.6. The van der Waals surface area contributed by atoms with Crippen molar-refractivity contribution in [1.29, 1.82) is 0 Å². The first-order valence-corrected chi connectivity index (χ1v) is 41.6. The summed E-state index contributed by atoms with van der Waals surface area (Å²) in [5.41, 5.74) is 4.23. The van der Waals surface area contributed by atoms with Crippen LogP contribution < -0.4 is 57.2 Å². The van der Waals surface area contributed by atoms with E-state index in [0.29, 0.717) is 71.8 Å². The number of aromatic amines is 1. The van der Waals surface area contributed by atoms with E-state index in [1.807, 2.05) is 74.1 Å². The van der Waals surface area contributed by atoms with Crippen LogP contribution in [0.2, 0.25) is 10.0 Å². The van der Waals surface area contributed by atoms with Gasteiger partial charge in [-0.25, -0.2) is 14.2 Å². The van der Waals surface area contributed by atoms with Crippen molar-refractivity contribution in [3.8, 4) is 51.5 Å². The molecule has 2 amide bonds. The molecule has 0 saturated carbocycles. The summed E-state index contributed by atoms with van der Waals surface area (Å²) in [5, 5.41) is 65.6. The maximum Gasteiger partial charge on any atom is 0.336 e. The number of rotatable bonds is 30. The van der Waals surface area contributed by atoms with Crippen LogP contribution in [0.1, 0.15) is 111 Å². The molecule has 0 bridgehead atoms. The third kappa shape index (κ3) is 17.3. The molecule has 0 radical (unpaired) electrons. The number of hydrogen-bond acceptors (Lipinski definition) is 24. The van der Waals surface area contributed by atoms with Crippen molar-refractivity contribution >= 4 is 109 Å². The average molecular weight is 1670 g/mol. The van der Waals surface area contributed by atoms with E-state index >= 15 is 0 Å². The number of carboxylic acid groups (broad SMARTS) is 2. The number of nitrogens with one attached hydrogen (secondary N) is 4. The van der Waals surface area contributed by atoms with E-state index in [2.05, 4.69) is 53.7 Å². The minimum atomic E-state index is -6.56. The molecule has 3 aliphatic heterocycles. The third-order valence-electron chi connectivity index (χ3n) is 19.1. The molecule has 7 aromatic carbocycles. The maximum atomic E-state index is 14.2. The number of halogens is 2. The summed E-state index contributed by atoms with van der Waals surface area (Å²) in [5.74, 6) is 2.25. The number of aromatic carboxylic acids is 2. The standard InChI is InChI=1S/C79H70Cl2N7O24P3/c1-43-9-23-54-64(34-43)109-73-57(27-29-63(90)59(73)40-84-75(92)47-17-12-45(13-18-47)39-83-61-38-60(80)70(78(96)97)71(72(61)81)69-55-25-20-50(86(2)3)36-65(55)108-66-37-51(87(4)5)21-26-56(66)69)68(54)58-35-48(19-24-53(58)77(94)95)62(89)28-14-44-10-15-46(16-11-44)74(91)82-31-33-105-32-7-6-8-49-41-88(79(98)85-76(49)93)67-30-22-52(107-67)42-106-115(111-100,112-110-99,113(101)102)114(103)104/h9-13,15-21,23-27,29,34-38,41,52,67,83H,1,8,14,22,28,30-33,39-40,42H2,2-5H3,(H7-,82,84,85,90,91,92,93,94,95,96,97,98,99,100)/p+1/t52-,67+/m0/s1. The van der Waals surface area contributed by atoms with Crippen LogP contribution in [0.4, 0.5) is 11.4 Å². The number of benzene rings is 8. The molecule has 8 aromatic rings. The maximum absolute atomic E-state index is 14.2. The van der Waals surface area contributed by atoms with Crippen LogP contribution in [-0.2, 0) is 72.6 Å². The fourth-order valence-corrected chi connectivity index (χ4v) is 18.2. The zero-order chi connectivity index (χ0) is 82.3. The van der Waals surface area contributed by atoms with E-state index in [1.54, 1.807) is 72.8 Å². The van der Waals surface area contributed by atoms with E-state index in [0.717, 1.165) is 15.6 Å². The minimum Gasteiger partial charge on any atom is -0.478 e. The van der Waals surface area contributed by atoms with Crippen molar-refractivity contribution in [3.05, 3.63) is 254 Å². The molecule has 1 aromatic heterocycles.